The number of carboxylic acid groups (broad SMARTS) is 1. The number of hydrogen-bond donors (Lipinski definition) is 9. The van der Waals surface area contributed by atoms with E-state index in [1.807, 2.05) is 0 Å². The van der Waals surface area contributed by atoms with Crippen LogP contribution in [0.15, 0.2) is 12.5 Å². The third kappa shape index (κ3) is 9.61. The fourth-order valence-electron chi connectivity index (χ4n) is 2.69. The Morgan fingerprint density at radius 3 is 2.03 bits per heavy atom. The Bertz CT molecular complexity index is 891. The van der Waals surface area contributed by atoms with Crippen molar-refractivity contribution in [3.05, 3.63) is 18.2 Å². The number of carbonyl (C=O) groups excluding carboxylic acids is 5. The van der Waals surface area contributed by atoms with E-state index in [1.165, 1.54) is 12.5 Å². The molecule has 0 aromatic carbocycles. The summed E-state index contributed by atoms with van der Waals surface area (Å²) in [5, 5.41) is 25.0. The number of nitrogens with one attached hydrogen (secondary N) is 4. The number of primary amides is 2. The summed E-state index contributed by atoms with van der Waals surface area (Å²) in [6.45, 7) is -0.743. The van der Waals surface area contributed by atoms with Crippen molar-refractivity contribution in [2.45, 2.75) is 49.9 Å². The molecule has 188 valence electrons. The van der Waals surface area contributed by atoms with E-state index in [0.717, 1.165) is 0 Å². The fourth-order valence-corrected chi connectivity index (χ4v) is 2.69. The molecule has 34 heavy (non-hydrogen) atoms. The van der Waals surface area contributed by atoms with Crippen molar-refractivity contribution in [3.63, 3.8) is 0 Å². The quantitative estimate of drug-likeness (QED) is 0.114. The number of nitrogens with two attached hydrogens (primary N) is 3. The van der Waals surface area contributed by atoms with Crippen LogP contribution in [0.25, 0.3) is 0 Å². The van der Waals surface area contributed by atoms with Gasteiger partial charge in [-0.2, -0.15) is 0 Å². The Morgan fingerprint density at radius 2 is 1.53 bits per heavy atom. The Kier molecular flexibility index (Phi) is 11.1. The van der Waals surface area contributed by atoms with Gasteiger partial charge in [-0.05, 0) is 6.42 Å². The van der Waals surface area contributed by atoms with Gasteiger partial charge in [-0.25, -0.2) is 9.78 Å². The van der Waals surface area contributed by atoms with Gasteiger partial charge in [0.25, 0.3) is 0 Å². The highest BCUT2D eigenvalue weighted by atomic mass is 16.4. The van der Waals surface area contributed by atoms with E-state index in [-0.39, 0.29) is 19.3 Å². The van der Waals surface area contributed by atoms with Crippen LogP contribution in [0, 0.1) is 0 Å². The summed E-state index contributed by atoms with van der Waals surface area (Å²) in [7, 11) is 0. The Labute approximate surface area is 193 Å². The summed E-state index contributed by atoms with van der Waals surface area (Å²) < 4.78 is 0. The average molecular weight is 484 g/mol. The summed E-state index contributed by atoms with van der Waals surface area (Å²) in [6, 6.07) is -5.82. The summed E-state index contributed by atoms with van der Waals surface area (Å²) in [6.07, 6.45) is 1.20. The molecule has 0 fully saturated rings. The summed E-state index contributed by atoms with van der Waals surface area (Å²) >= 11 is 0. The van der Waals surface area contributed by atoms with Crippen LogP contribution in [0.4, 0.5) is 0 Å². The predicted molar refractivity (Wildman–Crippen MR) is 113 cm³/mol. The number of aliphatic hydroxyl groups is 1. The molecule has 1 heterocycles. The van der Waals surface area contributed by atoms with Gasteiger partial charge in [0.15, 0.2) is 0 Å². The number of aromatic amines is 1. The topological polar surface area (TPSA) is 286 Å². The first-order chi connectivity index (χ1) is 15.9. The molecule has 0 spiro atoms. The minimum atomic E-state index is -1.56. The first-order valence-electron chi connectivity index (χ1n) is 9.98. The number of carboxylic acids is 1. The minimum Gasteiger partial charge on any atom is -0.480 e. The van der Waals surface area contributed by atoms with Gasteiger partial charge in [0.2, 0.25) is 29.5 Å². The zero-order chi connectivity index (χ0) is 25.8. The van der Waals surface area contributed by atoms with Crippen LogP contribution in [-0.2, 0) is 35.2 Å². The second-order valence-electron chi connectivity index (χ2n) is 7.27. The molecule has 0 aliphatic carbocycles. The van der Waals surface area contributed by atoms with E-state index in [2.05, 4.69) is 25.9 Å². The van der Waals surface area contributed by atoms with E-state index in [0.29, 0.717) is 5.69 Å². The van der Waals surface area contributed by atoms with Gasteiger partial charge in [-0.3, -0.25) is 24.0 Å². The van der Waals surface area contributed by atoms with Crippen molar-refractivity contribution < 1.29 is 39.0 Å². The van der Waals surface area contributed by atoms with Crippen molar-refractivity contribution in [3.8, 4) is 0 Å². The van der Waals surface area contributed by atoms with E-state index in [4.69, 9.17) is 22.3 Å². The average Bonchev–Trinajstić information content (AvgIpc) is 3.27. The van der Waals surface area contributed by atoms with Crippen molar-refractivity contribution >= 4 is 35.5 Å². The number of H-pyrrole nitrogens is 1. The lowest BCUT2D eigenvalue weighted by atomic mass is 10.1. The van der Waals surface area contributed by atoms with Crippen molar-refractivity contribution in [1.82, 2.24) is 25.9 Å². The van der Waals surface area contributed by atoms with E-state index in [9.17, 15) is 33.9 Å². The maximum Gasteiger partial charge on any atom is 0.326 e. The molecule has 12 N–H and O–H groups in total. The summed E-state index contributed by atoms with van der Waals surface area (Å²) in [4.78, 5) is 78.0. The normalized spacial score (nSPS) is 14.2. The summed E-state index contributed by atoms with van der Waals surface area (Å²) in [5.74, 6) is -6.11. The number of imidazole rings is 1. The van der Waals surface area contributed by atoms with Crippen molar-refractivity contribution in [1.29, 1.82) is 0 Å². The van der Waals surface area contributed by atoms with Crippen LogP contribution in [0.1, 0.15) is 25.0 Å². The first kappa shape index (κ1) is 28.0. The minimum absolute atomic E-state index is 0.156. The van der Waals surface area contributed by atoms with Gasteiger partial charge < -0.3 is 48.3 Å². The summed E-state index contributed by atoms with van der Waals surface area (Å²) in [5.41, 5.74) is 16.0. The molecule has 1 rings (SSSR count). The number of hydrogen-bond acceptors (Lipinski definition) is 9. The zero-order valence-electron chi connectivity index (χ0n) is 18.0. The number of nitrogens with zero attached hydrogens (tertiary/aromatic N) is 1. The Hall–Kier alpha value is -4.05. The maximum absolute atomic E-state index is 12.8. The standard InChI is InChI=1S/C18H28N8O8/c19-9(6-27)15(30)25-11(4-14(21)29)17(32)24-10(1-2-13(20)28)16(31)26-12(18(33)34)3-8-5-22-7-23-8/h5,7,9-12,27H,1-4,6,19H2,(H2,20,28)(H2,21,29)(H,22,23)(H,24,32)(H,25,30)(H,26,31)(H,33,34). The third-order valence-electron chi connectivity index (χ3n) is 4.48. The van der Waals surface area contributed by atoms with Crippen LogP contribution in [-0.4, -0.2) is 86.5 Å². The second kappa shape index (κ2) is 13.5. The number of amides is 5. The lowest BCUT2D eigenvalue weighted by Gasteiger charge is -2.24. The largest absolute Gasteiger partial charge is 0.480 e. The van der Waals surface area contributed by atoms with Crippen LogP contribution in [0.5, 0.6) is 0 Å². The molecule has 16 heteroatoms. The third-order valence-corrected chi connectivity index (χ3v) is 4.48. The van der Waals surface area contributed by atoms with Gasteiger partial charge in [0.05, 0.1) is 19.4 Å². The molecule has 0 radical (unpaired) electrons. The highest BCUT2D eigenvalue weighted by molar-refractivity contribution is 5.96. The van der Waals surface area contributed by atoms with Crippen LogP contribution in [0.3, 0.4) is 0 Å². The number of aromatic nitrogens is 2. The van der Waals surface area contributed by atoms with Crippen LogP contribution < -0.4 is 33.2 Å². The molecule has 0 bridgehead atoms. The monoisotopic (exact) mass is 484 g/mol. The van der Waals surface area contributed by atoms with Gasteiger partial charge in [-0.1, -0.05) is 0 Å². The van der Waals surface area contributed by atoms with Gasteiger partial charge in [0.1, 0.15) is 24.2 Å². The first-order valence-corrected chi connectivity index (χ1v) is 9.98. The molecule has 4 atom stereocenters. The Balaban J connectivity index is 3.01. The van der Waals surface area contributed by atoms with Crippen LogP contribution in [0.2, 0.25) is 0 Å². The number of aliphatic hydroxyl groups excluding tert-OH is 1. The van der Waals surface area contributed by atoms with E-state index in [1.54, 1.807) is 0 Å². The molecule has 1 aromatic heterocycles. The van der Waals surface area contributed by atoms with E-state index < -0.39 is 72.7 Å². The molecule has 1 aromatic rings. The lowest BCUT2D eigenvalue weighted by molar-refractivity contribution is -0.142. The van der Waals surface area contributed by atoms with Gasteiger partial charge in [0, 0.05) is 24.7 Å². The van der Waals surface area contributed by atoms with Crippen molar-refractivity contribution in [2.24, 2.45) is 17.2 Å². The maximum atomic E-state index is 12.8. The SMILES string of the molecule is NC(=O)CCC(NC(=O)C(CC(N)=O)NC(=O)C(N)CO)C(=O)NC(Cc1cnc[nH]1)C(=O)O. The second-order valence-corrected chi connectivity index (χ2v) is 7.27. The Morgan fingerprint density at radius 1 is 0.941 bits per heavy atom. The molecule has 0 saturated heterocycles. The highest BCUT2D eigenvalue weighted by Crippen LogP contribution is 2.04. The lowest BCUT2D eigenvalue weighted by Crippen LogP contribution is -2.58. The molecule has 5 amide bonds. The highest BCUT2D eigenvalue weighted by Gasteiger charge is 2.31. The molecule has 0 aliphatic heterocycles. The van der Waals surface area contributed by atoms with Gasteiger partial charge >= 0.3 is 5.97 Å². The molecular formula is C18H28N8O8. The fraction of sp³-hybridized carbons (Fsp3) is 0.500. The molecule has 16 nitrogen and oxygen atoms in total. The number of aliphatic carboxylic acids is 1. The molecule has 0 aliphatic rings. The smallest absolute Gasteiger partial charge is 0.326 e. The van der Waals surface area contributed by atoms with E-state index >= 15 is 0 Å². The molecule has 0 saturated carbocycles. The zero-order valence-corrected chi connectivity index (χ0v) is 18.0. The number of rotatable bonds is 15. The molecule has 4 unspecified atom stereocenters. The van der Waals surface area contributed by atoms with Crippen molar-refractivity contribution in [2.75, 3.05) is 6.61 Å². The molecular weight excluding hydrogens is 456 g/mol. The predicted octanol–water partition coefficient (Wildman–Crippen LogP) is -5.05. The number of carbonyl (C=O) groups is 6. The van der Waals surface area contributed by atoms with Crippen LogP contribution >= 0.6 is 0 Å². The van der Waals surface area contributed by atoms with Gasteiger partial charge in [-0.15, -0.1) is 0 Å².